The molecular formula is C16H16BrF3N4O. The fraction of sp³-hybridized carbons (Fsp3) is 0.250. The number of hydrogen-bond donors (Lipinski definition) is 3. The van der Waals surface area contributed by atoms with Crippen LogP contribution in [0.15, 0.2) is 41.0 Å². The molecule has 0 saturated carbocycles. The predicted octanol–water partition coefficient (Wildman–Crippen LogP) is 3.16. The van der Waals surface area contributed by atoms with Crippen molar-refractivity contribution in [1.29, 1.82) is 0 Å². The summed E-state index contributed by atoms with van der Waals surface area (Å²) in [6, 6.07) is 6.69. The third-order valence-electron chi connectivity index (χ3n) is 3.28. The first-order chi connectivity index (χ1) is 11.8. The van der Waals surface area contributed by atoms with Gasteiger partial charge in [0, 0.05) is 35.9 Å². The summed E-state index contributed by atoms with van der Waals surface area (Å²) in [5.41, 5.74) is 4.42. The number of rotatable bonds is 6. The summed E-state index contributed by atoms with van der Waals surface area (Å²) in [5.74, 6) is -0.431. The van der Waals surface area contributed by atoms with Gasteiger partial charge in [-0.1, -0.05) is 22.0 Å². The molecule has 0 fully saturated rings. The van der Waals surface area contributed by atoms with Gasteiger partial charge < -0.3 is 16.4 Å². The maximum Gasteiger partial charge on any atom is 0.416 e. The lowest BCUT2D eigenvalue weighted by Crippen LogP contribution is -2.24. The zero-order valence-electron chi connectivity index (χ0n) is 13.0. The molecule has 0 radical (unpaired) electrons. The number of nitrogens with zero attached hydrogens (tertiary/aromatic N) is 1. The van der Waals surface area contributed by atoms with Crippen LogP contribution in [0.1, 0.15) is 21.5 Å². The minimum atomic E-state index is -4.57. The van der Waals surface area contributed by atoms with Gasteiger partial charge >= 0.3 is 6.18 Å². The van der Waals surface area contributed by atoms with E-state index in [1.807, 2.05) is 0 Å². The monoisotopic (exact) mass is 416 g/mol. The Bertz CT molecular complexity index is 752. The molecule has 0 unspecified atom stereocenters. The standard InChI is InChI=1S/C16H16BrF3N4O/c17-12-3-5-23-14(8-12)24-15(25)10-1-2-11(9-22-6-4-21)13(7-10)16(18,19)20/h1-3,5,7-8,22H,4,6,9,21H2,(H,23,24,25). The average molecular weight is 417 g/mol. The lowest BCUT2D eigenvalue weighted by molar-refractivity contribution is -0.138. The largest absolute Gasteiger partial charge is 0.416 e. The van der Waals surface area contributed by atoms with Crippen molar-refractivity contribution in [1.82, 2.24) is 10.3 Å². The SMILES string of the molecule is NCCNCc1ccc(C(=O)Nc2cc(Br)ccn2)cc1C(F)(F)F. The highest BCUT2D eigenvalue weighted by Crippen LogP contribution is 2.33. The van der Waals surface area contributed by atoms with Crippen LogP contribution in [0.3, 0.4) is 0 Å². The van der Waals surface area contributed by atoms with Crippen molar-refractivity contribution >= 4 is 27.7 Å². The van der Waals surface area contributed by atoms with Crippen LogP contribution < -0.4 is 16.4 Å². The Morgan fingerprint density at radius 3 is 2.64 bits per heavy atom. The van der Waals surface area contributed by atoms with Crippen molar-refractivity contribution < 1.29 is 18.0 Å². The van der Waals surface area contributed by atoms with Crippen LogP contribution in [-0.4, -0.2) is 24.0 Å². The van der Waals surface area contributed by atoms with Gasteiger partial charge in [0.1, 0.15) is 5.82 Å². The van der Waals surface area contributed by atoms with Crippen molar-refractivity contribution in [2.45, 2.75) is 12.7 Å². The van der Waals surface area contributed by atoms with Gasteiger partial charge in [0.2, 0.25) is 0 Å². The number of amides is 1. The summed E-state index contributed by atoms with van der Waals surface area (Å²) < 4.78 is 40.5. The number of carbonyl (C=O) groups excluding carboxylic acids is 1. The summed E-state index contributed by atoms with van der Waals surface area (Å²) in [6.45, 7) is 0.733. The molecule has 0 aliphatic rings. The van der Waals surface area contributed by atoms with E-state index in [-0.39, 0.29) is 23.5 Å². The van der Waals surface area contributed by atoms with Crippen molar-refractivity contribution in [2.24, 2.45) is 5.73 Å². The predicted molar refractivity (Wildman–Crippen MR) is 92.1 cm³/mol. The minimum absolute atomic E-state index is 0.0150. The van der Waals surface area contributed by atoms with Crippen LogP contribution in [0.5, 0.6) is 0 Å². The van der Waals surface area contributed by atoms with Gasteiger partial charge in [0.25, 0.3) is 5.91 Å². The number of nitrogens with one attached hydrogen (secondary N) is 2. The number of anilines is 1. The zero-order chi connectivity index (χ0) is 18.4. The minimum Gasteiger partial charge on any atom is -0.329 e. The van der Waals surface area contributed by atoms with Gasteiger partial charge in [-0.3, -0.25) is 4.79 Å². The van der Waals surface area contributed by atoms with Gasteiger partial charge in [-0.25, -0.2) is 4.98 Å². The second-order valence-corrected chi connectivity index (χ2v) is 6.06. The van der Waals surface area contributed by atoms with E-state index in [0.29, 0.717) is 17.6 Å². The van der Waals surface area contributed by atoms with E-state index < -0.39 is 17.6 Å². The number of halogens is 4. The van der Waals surface area contributed by atoms with Crippen molar-refractivity contribution in [3.8, 4) is 0 Å². The van der Waals surface area contributed by atoms with Crippen molar-refractivity contribution in [2.75, 3.05) is 18.4 Å². The second-order valence-electron chi connectivity index (χ2n) is 5.15. The number of pyridine rings is 1. The van der Waals surface area contributed by atoms with Gasteiger partial charge in [0.15, 0.2) is 0 Å². The van der Waals surface area contributed by atoms with Crippen LogP contribution in [0.25, 0.3) is 0 Å². The normalized spacial score (nSPS) is 11.4. The van der Waals surface area contributed by atoms with E-state index in [9.17, 15) is 18.0 Å². The first-order valence-corrected chi connectivity index (χ1v) is 8.14. The highest BCUT2D eigenvalue weighted by atomic mass is 79.9. The molecule has 1 amide bonds. The second kappa shape index (κ2) is 8.41. The molecular weight excluding hydrogens is 401 g/mol. The maximum atomic E-state index is 13.3. The van der Waals surface area contributed by atoms with E-state index in [4.69, 9.17) is 5.73 Å². The quantitative estimate of drug-likeness (QED) is 0.631. The van der Waals surface area contributed by atoms with E-state index in [0.717, 1.165) is 6.07 Å². The molecule has 9 heteroatoms. The molecule has 2 rings (SSSR count). The molecule has 1 aromatic carbocycles. The smallest absolute Gasteiger partial charge is 0.329 e. The zero-order valence-corrected chi connectivity index (χ0v) is 14.6. The number of hydrogen-bond acceptors (Lipinski definition) is 4. The van der Waals surface area contributed by atoms with Crippen molar-refractivity contribution in [3.63, 3.8) is 0 Å². The van der Waals surface area contributed by atoms with Gasteiger partial charge in [-0.05, 0) is 29.8 Å². The molecule has 25 heavy (non-hydrogen) atoms. The van der Waals surface area contributed by atoms with Gasteiger partial charge in [0.05, 0.1) is 5.56 Å². The van der Waals surface area contributed by atoms with E-state index >= 15 is 0 Å². The van der Waals surface area contributed by atoms with Crippen LogP contribution in [-0.2, 0) is 12.7 Å². The molecule has 1 aromatic heterocycles. The summed E-state index contributed by atoms with van der Waals surface area (Å²) in [5, 5.41) is 5.29. The maximum absolute atomic E-state index is 13.3. The molecule has 0 aliphatic carbocycles. The highest BCUT2D eigenvalue weighted by molar-refractivity contribution is 9.10. The number of nitrogens with two attached hydrogens (primary N) is 1. The third-order valence-corrected chi connectivity index (χ3v) is 3.77. The number of alkyl halides is 3. The molecule has 1 heterocycles. The molecule has 0 saturated heterocycles. The Balaban J connectivity index is 2.24. The molecule has 134 valence electrons. The van der Waals surface area contributed by atoms with Gasteiger partial charge in [-0.15, -0.1) is 0 Å². The number of aromatic nitrogens is 1. The Morgan fingerprint density at radius 2 is 2.00 bits per heavy atom. The first-order valence-electron chi connectivity index (χ1n) is 7.35. The number of benzene rings is 1. The molecule has 4 N–H and O–H groups in total. The van der Waals surface area contributed by atoms with Crippen LogP contribution in [0.2, 0.25) is 0 Å². The van der Waals surface area contributed by atoms with Crippen LogP contribution in [0.4, 0.5) is 19.0 Å². The molecule has 2 aromatic rings. The third kappa shape index (κ3) is 5.52. The van der Waals surface area contributed by atoms with Crippen LogP contribution in [0, 0.1) is 0 Å². The van der Waals surface area contributed by atoms with Gasteiger partial charge in [-0.2, -0.15) is 13.2 Å². The lowest BCUT2D eigenvalue weighted by atomic mass is 10.0. The van der Waals surface area contributed by atoms with E-state index in [2.05, 4.69) is 31.5 Å². The Morgan fingerprint density at radius 1 is 1.24 bits per heavy atom. The lowest BCUT2D eigenvalue weighted by Gasteiger charge is -2.15. The molecule has 0 spiro atoms. The van der Waals surface area contributed by atoms with Crippen molar-refractivity contribution in [3.05, 3.63) is 57.7 Å². The summed E-state index contributed by atoms with van der Waals surface area (Å²) in [4.78, 5) is 16.1. The summed E-state index contributed by atoms with van der Waals surface area (Å²) >= 11 is 3.23. The van der Waals surface area contributed by atoms with Crippen LogP contribution >= 0.6 is 15.9 Å². The molecule has 0 aliphatic heterocycles. The van der Waals surface area contributed by atoms with E-state index in [1.54, 1.807) is 12.1 Å². The Hall–Kier alpha value is -1.97. The number of carbonyl (C=O) groups is 1. The van der Waals surface area contributed by atoms with E-state index in [1.165, 1.54) is 18.3 Å². The summed E-state index contributed by atoms with van der Waals surface area (Å²) in [6.07, 6.45) is -3.10. The Labute approximate surface area is 150 Å². The average Bonchev–Trinajstić information content (AvgIpc) is 2.54. The summed E-state index contributed by atoms with van der Waals surface area (Å²) in [7, 11) is 0. The highest BCUT2D eigenvalue weighted by Gasteiger charge is 2.34. The fourth-order valence-corrected chi connectivity index (χ4v) is 2.46. The fourth-order valence-electron chi connectivity index (χ4n) is 2.12. The molecule has 0 bridgehead atoms. The first kappa shape index (κ1) is 19.4. The molecule has 5 nitrogen and oxygen atoms in total. The topological polar surface area (TPSA) is 80.0 Å². The molecule has 0 atom stereocenters. The Kier molecular flexibility index (Phi) is 6.51.